The molecule has 1 amide bonds. The van der Waals surface area contributed by atoms with E-state index in [0.717, 1.165) is 25.1 Å². The SMILES string of the molecule is CCCCCNC(=O)c1ccc(NC2CCCCCC2)nn1. The first-order chi connectivity index (χ1) is 10.8. The summed E-state index contributed by atoms with van der Waals surface area (Å²) in [5.41, 5.74) is 0.392. The molecular weight excluding hydrogens is 276 g/mol. The lowest BCUT2D eigenvalue weighted by Gasteiger charge is -2.16. The number of anilines is 1. The van der Waals surface area contributed by atoms with Crippen LogP contribution in [-0.2, 0) is 0 Å². The van der Waals surface area contributed by atoms with E-state index in [1.54, 1.807) is 6.07 Å². The Balaban J connectivity index is 1.80. The van der Waals surface area contributed by atoms with Crippen molar-refractivity contribution in [1.82, 2.24) is 15.5 Å². The van der Waals surface area contributed by atoms with E-state index in [4.69, 9.17) is 0 Å². The molecule has 22 heavy (non-hydrogen) atoms. The van der Waals surface area contributed by atoms with Crippen molar-refractivity contribution < 1.29 is 4.79 Å². The minimum Gasteiger partial charge on any atom is -0.366 e. The van der Waals surface area contributed by atoms with E-state index in [0.29, 0.717) is 18.3 Å². The number of nitrogens with zero attached hydrogens (tertiary/aromatic N) is 2. The average Bonchev–Trinajstić information content (AvgIpc) is 2.81. The van der Waals surface area contributed by atoms with Crippen molar-refractivity contribution in [1.29, 1.82) is 0 Å². The van der Waals surface area contributed by atoms with Gasteiger partial charge in [0.15, 0.2) is 5.69 Å². The van der Waals surface area contributed by atoms with Crippen LogP contribution in [0.5, 0.6) is 0 Å². The molecule has 2 N–H and O–H groups in total. The van der Waals surface area contributed by atoms with Gasteiger partial charge in [0.05, 0.1) is 0 Å². The quantitative estimate of drug-likeness (QED) is 0.597. The topological polar surface area (TPSA) is 66.9 Å². The smallest absolute Gasteiger partial charge is 0.271 e. The summed E-state index contributed by atoms with van der Waals surface area (Å²) in [5.74, 6) is 0.638. The van der Waals surface area contributed by atoms with E-state index in [1.165, 1.54) is 38.5 Å². The molecule has 1 fully saturated rings. The molecule has 1 aliphatic carbocycles. The molecule has 0 bridgehead atoms. The van der Waals surface area contributed by atoms with Gasteiger partial charge in [-0.15, -0.1) is 10.2 Å². The fourth-order valence-electron chi connectivity index (χ4n) is 2.83. The van der Waals surface area contributed by atoms with Crippen LogP contribution >= 0.6 is 0 Å². The molecular formula is C17H28N4O. The van der Waals surface area contributed by atoms with Gasteiger partial charge >= 0.3 is 0 Å². The van der Waals surface area contributed by atoms with Crippen LogP contribution in [0.1, 0.15) is 75.2 Å². The first kappa shape index (κ1) is 16.7. The van der Waals surface area contributed by atoms with Crippen molar-refractivity contribution in [3.8, 4) is 0 Å². The molecule has 5 nitrogen and oxygen atoms in total. The van der Waals surface area contributed by atoms with Crippen LogP contribution in [0.4, 0.5) is 5.82 Å². The Hall–Kier alpha value is -1.65. The highest BCUT2D eigenvalue weighted by Crippen LogP contribution is 2.20. The monoisotopic (exact) mass is 304 g/mol. The van der Waals surface area contributed by atoms with Gasteiger partial charge in [0.2, 0.25) is 0 Å². The van der Waals surface area contributed by atoms with Crippen molar-refractivity contribution in [2.45, 2.75) is 70.8 Å². The van der Waals surface area contributed by atoms with Crippen LogP contribution in [0.3, 0.4) is 0 Å². The van der Waals surface area contributed by atoms with E-state index < -0.39 is 0 Å². The van der Waals surface area contributed by atoms with Crippen LogP contribution in [0.25, 0.3) is 0 Å². The molecule has 2 rings (SSSR count). The number of hydrogen-bond acceptors (Lipinski definition) is 4. The zero-order valence-corrected chi connectivity index (χ0v) is 13.6. The summed E-state index contributed by atoms with van der Waals surface area (Å²) in [7, 11) is 0. The Kier molecular flexibility index (Phi) is 7.13. The highest BCUT2D eigenvalue weighted by atomic mass is 16.1. The first-order valence-electron chi connectivity index (χ1n) is 8.68. The third-order valence-electron chi connectivity index (χ3n) is 4.17. The third-order valence-corrected chi connectivity index (χ3v) is 4.17. The van der Waals surface area contributed by atoms with E-state index in [-0.39, 0.29) is 5.91 Å². The predicted molar refractivity (Wildman–Crippen MR) is 89.0 cm³/mol. The average molecular weight is 304 g/mol. The number of rotatable bonds is 7. The van der Waals surface area contributed by atoms with Crippen molar-refractivity contribution in [3.63, 3.8) is 0 Å². The summed E-state index contributed by atoms with van der Waals surface area (Å²) in [4.78, 5) is 11.9. The minimum atomic E-state index is -0.135. The van der Waals surface area contributed by atoms with Gasteiger partial charge in [-0.25, -0.2) is 0 Å². The number of aromatic nitrogens is 2. The second-order valence-electron chi connectivity index (χ2n) is 6.10. The van der Waals surface area contributed by atoms with Crippen molar-refractivity contribution in [2.24, 2.45) is 0 Å². The van der Waals surface area contributed by atoms with Gasteiger partial charge in [-0.05, 0) is 31.4 Å². The van der Waals surface area contributed by atoms with Gasteiger partial charge in [-0.2, -0.15) is 0 Å². The zero-order valence-electron chi connectivity index (χ0n) is 13.6. The second-order valence-corrected chi connectivity index (χ2v) is 6.10. The number of unbranched alkanes of at least 4 members (excludes halogenated alkanes) is 2. The zero-order chi connectivity index (χ0) is 15.6. The Bertz CT molecular complexity index is 438. The summed E-state index contributed by atoms with van der Waals surface area (Å²) in [5, 5.41) is 14.5. The van der Waals surface area contributed by atoms with E-state index in [2.05, 4.69) is 27.8 Å². The molecule has 1 aliphatic rings. The van der Waals surface area contributed by atoms with E-state index in [9.17, 15) is 4.79 Å². The van der Waals surface area contributed by atoms with Crippen LogP contribution in [0.15, 0.2) is 12.1 Å². The van der Waals surface area contributed by atoms with Gasteiger partial charge < -0.3 is 10.6 Å². The Labute approximate surface area is 133 Å². The molecule has 1 aromatic heterocycles. The molecule has 1 saturated carbocycles. The Morgan fingerprint density at radius 3 is 2.55 bits per heavy atom. The van der Waals surface area contributed by atoms with Crippen LogP contribution in [0, 0.1) is 0 Å². The Morgan fingerprint density at radius 2 is 1.91 bits per heavy atom. The Morgan fingerprint density at radius 1 is 1.14 bits per heavy atom. The van der Waals surface area contributed by atoms with Crippen LogP contribution in [0.2, 0.25) is 0 Å². The summed E-state index contributed by atoms with van der Waals surface area (Å²) in [6.07, 6.45) is 10.9. The molecule has 0 radical (unpaired) electrons. The largest absolute Gasteiger partial charge is 0.366 e. The van der Waals surface area contributed by atoms with E-state index in [1.807, 2.05) is 6.07 Å². The molecule has 0 atom stereocenters. The number of hydrogen-bond donors (Lipinski definition) is 2. The summed E-state index contributed by atoms with van der Waals surface area (Å²) < 4.78 is 0. The van der Waals surface area contributed by atoms with Gasteiger partial charge in [0, 0.05) is 12.6 Å². The third kappa shape index (κ3) is 5.62. The predicted octanol–water partition coefficient (Wildman–Crippen LogP) is 3.53. The van der Waals surface area contributed by atoms with Gasteiger partial charge in [0.25, 0.3) is 5.91 Å². The second kappa shape index (κ2) is 9.38. The fourth-order valence-corrected chi connectivity index (χ4v) is 2.83. The molecule has 0 unspecified atom stereocenters. The first-order valence-corrected chi connectivity index (χ1v) is 8.68. The maximum atomic E-state index is 11.9. The molecule has 0 aromatic carbocycles. The molecule has 5 heteroatoms. The lowest BCUT2D eigenvalue weighted by molar-refractivity contribution is 0.0947. The highest BCUT2D eigenvalue weighted by molar-refractivity contribution is 5.92. The number of amides is 1. The molecule has 0 aliphatic heterocycles. The van der Waals surface area contributed by atoms with Crippen LogP contribution in [-0.4, -0.2) is 28.7 Å². The molecule has 122 valence electrons. The lowest BCUT2D eigenvalue weighted by atomic mass is 10.1. The minimum absolute atomic E-state index is 0.135. The van der Waals surface area contributed by atoms with Crippen molar-refractivity contribution in [3.05, 3.63) is 17.8 Å². The number of nitrogens with one attached hydrogen (secondary N) is 2. The van der Waals surface area contributed by atoms with Crippen molar-refractivity contribution >= 4 is 11.7 Å². The number of carbonyl (C=O) groups is 1. The standard InChI is InChI=1S/C17H28N4O/c1-2-3-8-13-18-17(22)15-11-12-16(21-20-15)19-14-9-6-4-5-7-10-14/h11-12,14H,2-10,13H2,1H3,(H,18,22)(H,19,21). The molecule has 0 saturated heterocycles. The van der Waals surface area contributed by atoms with Gasteiger partial charge in [-0.3, -0.25) is 4.79 Å². The highest BCUT2D eigenvalue weighted by Gasteiger charge is 2.13. The van der Waals surface area contributed by atoms with Gasteiger partial charge in [-0.1, -0.05) is 45.4 Å². The van der Waals surface area contributed by atoms with Crippen LogP contribution < -0.4 is 10.6 Å². The maximum absolute atomic E-state index is 11.9. The normalized spacial score (nSPS) is 16.0. The number of carbonyl (C=O) groups excluding carboxylic acids is 1. The van der Waals surface area contributed by atoms with Crippen molar-refractivity contribution in [2.75, 3.05) is 11.9 Å². The summed E-state index contributed by atoms with van der Waals surface area (Å²) >= 11 is 0. The fraction of sp³-hybridized carbons (Fsp3) is 0.706. The molecule has 0 spiro atoms. The summed E-state index contributed by atoms with van der Waals surface area (Å²) in [6.45, 7) is 2.85. The summed E-state index contributed by atoms with van der Waals surface area (Å²) in [6, 6.07) is 4.10. The van der Waals surface area contributed by atoms with Gasteiger partial charge in [0.1, 0.15) is 5.82 Å². The molecule has 1 aromatic rings. The maximum Gasteiger partial charge on any atom is 0.271 e. The van der Waals surface area contributed by atoms with E-state index >= 15 is 0 Å². The lowest BCUT2D eigenvalue weighted by Crippen LogP contribution is -2.26. The molecule has 1 heterocycles.